The lowest BCUT2D eigenvalue weighted by atomic mass is 9.93. The molecule has 2 heterocycles. The van der Waals surface area contributed by atoms with Crippen LogP contribution in [-0.2, 0) is 0 Å². The van der Waals surface area contributed by atoms with E-state index in [1.807, 2.05) is 0 Å². The van der Waals surface area contributed by atoms with Crippen LogP contribution in [-0.4, -0.2) is 36.6 Å². The smallest absolute Gasteiger partial charge is 0.00697 e. The molecule has 0 spiro atoms. The molecule has 2 rings (SSSR count). The van der Waals surface area contributed by atoms with Crippen LogP contribution in [0.2, 0.25) is 0 Å². The first kappa shape index (κ1) is 13.4. The van der Waals surface area contributed by atoms with Gasteiger partial charge in [-0.25, -0.2) is 0 Å². The van der Waals surface area contributed by atoms with Crippen LogP contribution in [0.3, 0.4) is 0 Å². The molecule has 1 unspecified atom stereocenters. The summed E-state index contributed by atoms with van der Waals surface area (Å²) in [6.07, 6.45) is 9.94. The van der Waals surface area contributed by atoms with Gasteiger partial charge in [-0.2, -0.15) is 0 Å². The van der Waals surface area contributed by atoms with Crippen molar-refractivity contribution in [3.63, 3.8) is 0 Å². The van der Waals surface area contributed by atoms with Crippen LogP contribution in [0.1, 0.15) is 58.8 Å². The van der Waals surface area contributed by atoms with Crippen molar-refractivity contribution in [3.8, 4) is 0 Å². The third-order valence-electron chi connectivity index (χ3n) is 4.80. The fourth-order valence-corrected chi connectivity index (χ4v) is 3.65. The molecule has 2 aliphatic heterocycles. The lowest BCUT2D eigenvalue weighted by Crippen LogP contribution is -2.44. The van der Waals surface area contributed by atoms with E-state index < -0.39 is 0 Å². The van der Waals surface area contributed by atoms with Gasteiger partial charge in [-0.05, 0) is 77.9 Å². The Balaban J connectivity index is 1.66. The van der Waals surface area contributed by atoms with Crippen molar-refractivity contribution in [2.24, 2.45) is 5.92 Å². The average Bonchev–Trinajstić information content (AvgIpc) is 2.34. The zero-order chi connectivity index (χ0) is 12.1. The Morgan fingerprint density at radius 3 is 2.47 bits per heavy atom. The maximum absolute atomic E-state index is 3.53. The van der Waals surface area contributed by atoms with Gasteiger partial charge in [0.2, 0.25) is 0 Å². The molecule has 2 nitrogen and oxygen atoms in total. The van der Waals surface area contributed by atoms with Gasteiger partial charge >= 0.3 is 0 Å². The summed E-state index contributed by atoms with van der Waals surface area (Å²) in [5.74, 6) is 0.958. The fraction of sp³-hybridized carbons (Fsp3) is 1.00. The Labute approximate surface area is 107 Å². The summed E-state index contributed by atoms with van der Waals surface area (Å²) in [6.45, 7) is 8.68. The minimum absolute atomic E-state index is 0.822. The Bertz CT molecular complexity index is 201. The zero-order valence-corrected chi connectivity index (χ0v) is 11.8. The van der Waals surface area contributed by atoms with Crippen LogP contribution in [0.15, 0.2) is 0 Å². The van der Waals surface area contributed by atoms with Crippen LogP contribution in [0.25, 0.3) is 0 Å². The van der Waals surface area contributed by atoms with Crippen molar-refractivity contribution < 1.29 is 0 Å². The molecule has 2 heteroatoms. The molecule has 2 saturated heterocycles. The molecule has 100 valence electrons. The second kappa shape index (κ2) is 6.75. The standard InChI is InChI=1S/C15H30N2/c1-13-6-3-7-14(2)17(13)11-5-9-15-8-4-10-16-12-15/h13-16H,3-12H2,1-2H3/t13-,14+,15?. The minimum atomic E-state index is 0.822. The molecule has 0 bridgehead atoms. The molecule has 0 aromatic heterocycles. The van der Waals surface area contributed by atoms with Crippen LogP contribution in [0.5, 0.6) is 0 Å². The Morgan fingerprint density at radius 1 is 1.06 bits per heavy atom. The first-order valence-corrected chi connectivity index (χ1v) is 7.74. The third kappa shape index (κ3) is 3.96. The van der Waals surface area contributed by atoms with Gasteiger partial charge in [0.1, 0.15) is 0 Å². The lowest BCUT2D eigenvalue weighted by molar-refractivity contribution is 0.0989. The Morgan fingerprint density at radius 2 is 1.82 bits per heavy atom. The Kier molecular flexibility index (Phi) is 5.30. The number of hydrogen-bond donors (Lipinski definition) is 1. The highest BCUT2D eigenvalue weighted by molar-refractivity contribution is 4.80. The van der Waals surface area contributed by atoms with Crippen LogP contribution < -0.4 is 5.32 Å². The fourth-order valence-electron chi connectivity index (χ4n) is 3.65. The van der Waals surface area contributed by atoms with Crippen LogP contribution in [0, 0.1) is 5.92 Å². The van der Waals surface area contributed by atoms with E-state index in [1.165, 1.54) is 64.6 Å². The van der Waals surface area contributed by atoms with Crippen molar-refractivity contribution in [3.05, 3.63) is 0 Å². The van der Waals surface area contributed by atoms with Gasteiger partial charge in [-0.1, -0.05) is 6.42 Å². The van der Waals surface area contributed by atoms with E-state index in [0.717, 1.165) is 18.0 Å². The maximum Gasteiger partial charge on any atom is 0.00697 e. The normalized spacial score (nSPS) is 36.0. The summed E-state index contributed by atoms with van der Waals surface area (Å²) in [7, 11) is 0. The number of nitrogens with one attached hydrogen (secondary N) is 1. The number of likely N-dealkylation sites (tertiary alicyclic amines) is 1. The van der Waals surface area contributed by atoms with Gasteiger partial charge in [-0.3, -0.25) is 4.90 Å². The molecular formula is C15H30N2. The molecule has 0 aromatic rings. The summed E-state index contributed by atoms with van der Waals surface area (Å²) >= 11 is 0. The van der Waals surface area contributed by atoms with E-state index in [0.29, 0.717) is 0 Å². The molecule has 1 N–H and O–H groups in total. The highest BCUT2D eigenvalue weighted by Gasteiger charge is 2.24. The first-order chi connectivity index (χ1) is 8.27. The molecule has 0 saturated carbocycles. The quantitative estimate of drug-likeness (QED) is 0.810. The molecule has 0 aliphatic carbocycles. The molecular weight excluding hydrogens is 208 g/mol. The molecule has 2 aliphatic rings. The number of piperidine rings is 2. The van der Waals surface area contributed by atoms with Gasteiger partial charge in [-0.15, -0.1) is 0 Å². The first-order valence-electron chi connectivity index (χ1n) is 7.74. The maximum atomic E-state index is 3.53. The minimum Gasteiger partial charge on any atom is -0.316 e. The van der Waals surface area contributed by atoms with Gasteiger partial charge in [0.15, 0.2) is 0 Å². The van der Waals surface area contributed by atoms with E-state index in [9.17, 15) is 0 Å². The third-order valence-corrected chi connectivity index (χ3v) is 4.80. The predicted molar refractivity (Wildman–Crippen MR) is 74.3 cm³/mol. The lowest BCUT2D eigenvalue weighted by Gasteiger charge is -2.39. The number of nitrogens with zero attached hydrogens (tertiary/aromatic N) is 1. The van der Waals surface area contributed by atoms with Crippen molar-refractivity contribution in [2.45, 2.75) is 70.9 Å². The van der Waals surface area contributed by atoms with Gasteiger partial charge in [0.05, 0.1) is 0 Å². The molecule has 2 fully saturated rings. The van der Waals surface area contributed by atoms with E-state index in [2.05, 4.69) is 24.1 Å². The van der Waals surface area contributed by atoms with Crippen molar-refractivity contribution in [1.82, 2.24) is 10.2 Å². The molecule has 17 heavy (non-hydrogen) atoms. The SMILES string of the molecule is C[C@@H]1CCC[C@H](C)N1CCCC1CCCNC1. The van der Waals surface area contributed by atoms with E-state index in [-0.39, 0.29) is 0 Å². The van der Waals surface area contributed by atoms with E-state index in [1.54, 1.807) is 0 Å². The van der Waals surface area contributed by atoms with E-state index in [4.69, 9.17) is 0 Å². The Hall–Kier alpha value is -0.0800. The van der Waals surface area contributed by atoms with Gasteiger partial charge < -0.3 is 5.32 Å². The second-order valence-electron chi connectivity index (χ2n) is 6.22. The van der Waals surface area contributed by atoms with Crippen LogP contribution >= 0.6 is 0 Å². The highest BCUT2D eigenvalue weighted by Crippen LogP contribution is 2.24. The number of rotatable bonds is 4. The van der Waals surface area contributed by atoms with Crippen molar-refractivity contribution >= 4 is 0 Å². The summed E-state index contributed by atoms with van der Waals surface area (Å²) in [5.41, 5.74) is 0. The van der Waals surface area contributed by atoms with Gasteiger partial charge in [0, 0.05) is 12.1 Å². The second-order valence-corrected chi connectivity index (χ2v) is 6.22. The molecule has 0 aromatic carbocycles. The van der Waals surface area contributed by atoms with Crippen LogP contribution in [0.4, 0.5) is 0 Å². The van der Waals surface area contributed by atoms with Crippen molar-refractivity contribution in [2.75, 3.05) is 19.6 Å². The average molecular weight is 238 g/mol. The van der Waals surface area contributed by atoms with E-state index >= 15 is 0 Å². The monoisotopic (exact) mass is 238 g/mol. The molecule has 0 amide bonds. The molecule has 3 atom stereocenters. The molecule has 0 radical (unpaired) electrons. The summed E-state index contributed by atoms with van der Waals surface area (Å²) < 4.78 is 0. The van der Waals surface area contributed by atoms with Crippen molar-refractivity contribution in [1.29, 1.82) is 0 Å². The summed E-state index contributed by atoms with van der Waals surface area (Å²) in [6, 6.07) is 1.64. The summed E-state index contributed by atoms with van der Waals surface area (Å²) in [5, 5.41) is 3.53. The zero-order valence-electron chi connectivity index (χ0n) is 11.8. The highest BCUT2D eigenvalue weighted by atomic mass is 15.2. The topological polar surface area (TPSA) is 15.3 Å². The largest absolute Gasteiger partial charge is 0.316 e. The predicted octanol–water partition coefficient (Wildman–Crippen LogP) is 3.03. The van der Waals surface area contributed by atoms with Gasteiger partial charge in [0.25, 0.3) is 0 Å². The summed E-state index contributed by atoms with van der Waals surface area (Å²) in [4.78, 5) is 2.75. The number of hydrogen-bond acceptors (Lipinski definition) is 2.